The maximum atomic E-state index is 5.99. The van der Waals surface area contributed by atoms with E-state index in [0.29, 0.717) is 22.7 Å². The predicted molar refractivity (Wildman–Crippen MR) is 72.4 cm³/mol. The molecule has 0 bridgehead atoms. The Hall–Kier alpha value is -2.40. The third-order valence-electron chi connectivity index (χ3n) is 2.59. The van der Waals surface area contributed by atoms with E-state index in [0.717, 1.165) is 5.69 Å². The van der Waals surface area contributed by atoms with Crippen LogP contribution >= 0.6 is 0 Å². The lowest BCUT2D eigenvalue weighted by Gasteiger charge is -2.21. The Balaban J connectivity index is 2.45. The first kappa shape index (κ1) is 11.1. The Kier molecular flexibility index (Phi) is 2.76. The second-order valence-corrected chi connectivity index (χ2v) is 3.71. The molecular weight excluding hydrogens is 214 g/mol. The number of nitrogens with zero attached hydrogens (tertiary/aromatic N) is 1. The van der Waals surface area contributed by atoms with Gasteiger partial charge >= 0.3 is 0 Å². The molecule has 0 aliphatic heterocycles. The molecule has 5 heteroatoms. The third-order valence-corrected chi connectivity index (χ3v) is 2.59. The van der Waals surface area contributed by atoms with Crippen LogP contribution in [0, 0.1) is 0 Å². The number of nitrogen functional groups attached to an aromatic ring is 3. The molecule has 8 N–H and O–H groups in total. The normalized spacial score (nSPS) is 10.2. The Morgan fingerprint density at radius 2 is 1.41 bits per heavy atom. The summed E-state index contributed by atoms with van der Waals surface area (Å²) in [7, 11) is 0. The molecule has 0 saturated carbocycles. The number of benzene rings is 2. The SMILES string of the molecule is Nc1ccc(N(N)c2ccccc2)c(N)c1N. The van der Waals surface area contributed by atoms with Crippen molar-refractivity contribution in [3.63, 3.8) is 0 Å². The minimum atomic E-state index is 0.355. The monoisotopic (exact) mass is 229 g/mol. The van der Waals surface area contributed by atoms with Crippen LogP contribution in [0.5, 0.6) is 0 Å². The number of anilines is 5. The van der Waals surface area contributed by atoms with Gasteiger partial charge in [-0.15, -0.1) is 0 Å². The van der Waals surface area contributed by atoms with Crippen LogP contribution in [0.4, 0.5) is 28.4 Å². The van der Waals surface area contributed by atoms with Crippen molar-refractivity contribution in [1.82, 2.24) is 0 Å². The first-order valence-electron chi connectivity index (χ1n) is 5.14. The summed E-state index contributed by atoms with van der Waals surface area (Å²) >= 11 is 0. The molecule has 2 aromatic rings. The van der Waals surface area contributed by atoms with Crippen LogP contribution in [-0.2, 0) is 0 Å². The summed E-state index contributed by atoms with van der Waals surface area (Å²) in [5.41, 5.74) is 20.0. The minimum absolute atomic E-state index is 0.355. The van der Waals surface area contributed by atoms with Crippen molar-refractivity contribution in [2.45, 2.75) is 0 Å². The Morgan fingerprint density at radius 1 is 0.765 bits per heavy atom. The summed E-state index contributed by atoms with van der Waals surface area (Å²) in [6.45, 7) is 0. The largest absolute Gasteiger partial charge is 0.397 e. The lowest BCUT2D eigenvalue weighted by atomic mass is 10.2. The van der Waals surface area contributed by atoms with Crippen molar-refractivity contribution in [2.24, 2.45) is 5.84 Å². The summed E-state index contributed by atoms with van der Waals surface area (Å²) in [6, 6.07) is 12.9. The zero-order chi connectivity index (χ0) is 12.4. The molecule has 0 atom stereocenters. The molecule has 0 spiro atoms. The lowest BCUT2D eigenvalue weighted by molar-refractivity contribution is 1.09. The molecule has 0 radical (unpaired) electrons. The van der Waals surface area contributed by atoms with E-state index in [1.807, 2.05) is 30.3 Å². The van der Waals surface area contributed by atoms with Crippen LogP contribution in [0.15, 0.2) is 42.5 Å². The van der Waals surface area contributed by atoms with Crippen LogP contribution in [0.2, 0.25) is 0 Å². The summed E-state index contributed by atoms with van der Waals surface area (Å²) in [6.07, 6.45) is 0. The quantitative estimate of drug-likeness (QED) is 0.354. The van der Waals surface area contributed by atoms with Crippen molar-refractivity contribution >= 4 is 28.4 Å². The van der Waals surface area contributed by atoms with E-state index >= 15 is 0 Å². The van der Waals surface area contributed by atoms with Gasteiger partial charge in [-0.25, -0.2) is 5.84 Å². The van der Waals surface area contributed by atoms with Gasteiger partial charge in [-0.2, -0.15) is 0 Å². The van der Waals surface area contributed by atoms with Gasteiger partial charge in [-0.05, 0) is 24.3 Å². The molecular formula is C12H15N5. The van der Waals surface area contributed by atoms with Gasteiger partial charge in [0, 0.05) is 0 Å². The first-order chi connectivity index (χ1) is 8.11. The second kappa shape index (κ2) is 4.23. The minimum Gasteiger partial charge on any atom is -0.397 e. The van der Waals surface area contributed by atoms with Gasteiger partial charge in [-0.3, -0.25) is 5.01 Å². The Bertz CT molecular complexity index is 524. The van der Waals surface area contributed by atoms with Gasteiger partial charge in [0.05, 0.1) is 28.4 Å². The van der Waals surface area contributed by atoms with E-state index in [-0.39, 0.29) is 0 Å². The Labute approximate surface area is 99.6 Å². The highest BCUT2D eigenvalue weighted by Crippen LogP contribution is 2.34. The van der Waals surface area contributed by atoms with Crippen LogP contribution in [0.25, 0.3) is 0 Å². The number of hydrazine groups is 1. The fourth-order valence-corrected chi connectivity index (χ4v) is 1.58. The molecule has 0 heterocycles. The molecule has 17 heavy (non-hydrogen) atoms. The Morgan fingerprint density at radius 3 is 2.06 bits per heavy atom. The van der Waals surface area contributed by atoms with Gasteiger partial charge in [-0.1, -0.05) is 18.2 Å². The van der Waals surface area contributed by atoms with Crippen LogP contribution in [-0.4, -0.2) is 0 Å². The number of para-hydroxylation sites is 1. The van der Waals surface area contributed by atoms with Gasteiger partial charge in [0.2, 0.25) is 0 Å². The molecule has 2 aromatic carbocycles. The molecule has 88 valence electrons. The number of nitrogens with two attached hydrogens (primary N) is 4. The van der Waals surface area contributed by atoms with Gasteiger partial charge in [0.1, 0.15) is 0 Å². The molecule has 2 rings (SSSR count). The average Bonchev–Trinajstić information content (AvgIpc) is 2.36. The van der Waals surface area contributed by atoms with Crippen LogP contribution in [0.3, 0.4) is 0 Å². The zero-order valence-electron chi connectivity index (χ0n) is 9.30. The van der Waals surface area contributed by atoms with Gasteiger partial charge in [0.25, 0.3) is 0 Å². The fraction of sp³-hybridized carbons (Fsp3) is 0. The van der Waals surface area contributed by atoms with Crippen molar-refractivity contribution < 1.29 is 0 Å². The average molecular weight is 229 g/mol. The smallest absolute Gasteiger partial charge is 0.0827 e. The highest BCUT2D eigenvalue weighted by Gasteiger charge is 2.11. The highest BCUT2D eigenvalue weighted by atomic mass is 15.4. The maximum absolute atomic E-state index is 5.99. The summed E-state index contributed by atoms with van der Waals surface area (Å²) in [5.74, 6) is 5.99. The van der Waals surface area contributed by atoms with Crippen molar-refractivity contribution in [2.75, 3.05) is 22.2 Å². The lowest BCUT2D eigenvalue weighted by Crippen LogP contribution is -2.26. The third kappa shape index (κ3) is 1.95. The van der Waals surface area contributed by atoms with E-state index in [2.05, 4.69) is 0 Å². The molecule has 0 unspecified atom stereocenters. The molecule has 0 fully saturated rings. The maximum Gasteiger partial charge on any atom is 0.0827 e. The van der Waals surface area contributed by atoms with Crippen LogP contribution < -0.4 is 28.1 Å². The van der Waals surface area contributed by atoms with Crippen molar-refractivity contribution in [3.05, 3.63) is 42.5 Å². The molecule has 0 saturated heterocycles. The van der Waals surface area contributed by atoms with E-state index < -0.39 is 0 Å². The molecule has 0 aliphatic rings. The van der Waals surface area contributed by atoms with Gasteiger partial charge in [0.15, 0.2) is 0 Å². The van der Waals surface area contributed by atoms with E-state index in [1.54, 1.807) is 12.1 Å². The van der Waals surface area contributed by atoms with Crippen LogP contribution in [0.1, 0.15) is 0 Å². The highest BCUT2D eigenvalue weighted by molar-refractivity contribution is 5.89. The topological polar surface area (TPSA) is 107 Å². The summed E-state index contributed by atoms with van der Waals surface area (Å²) in [5, 5.41) is 1.48. The number of rotatable bonds is 2. The summed E-state index contributed by atoms with van der Waals surface area (Å²) < 4.78 is 0. The predicted octanol–water partition coefficient (Wildman–Crippen LogP) is 1.45. The van der Waals surface area contributed by atoms with Crippen molar-refractivity contribution in [3.8, 4) is 0 Å². The van der Waals surface area contributed by atoms with E-state index in [4.69, 9.17) is 23.0 Å². The number of hydrogen-bond donors (Lipinski definition) is 4. The summed E-state index contributed by atoms with van der Waals surface area (Å²) in [4.78, 5) is 0. The molecule has 5 nitrogen and oxygen atoms in total. The molecule has 0 amide bonds. The molecule has 0 aliphatic carbocycles. The second-order valence-electron chi connectivity index (χ2n) is 3.71. The van der Waals surface area contributed by atoms with E-state index in [1.165, 1.54) is 5.01 Å². The fourth-order valence-electron chi connectivity index (χ4n) is 1.58. The van der Waals surface area contributed by atoms with Gasteiger partial charge < -0.3 is 17.2 Å². The zero-order valence-corrected chi connectivity index (χ0v) is 9.30. The standard InChI is InChI=1S/C12H15N5/c13-9-6-7-10(12(15)11(9)14)17(16)8-4-2-1-3-5-8/h1-7H,13-16H2. The van der Waals surface area contributed by atoms with Crippen molar-refractivity contribution in [1.29, 1.82) is 0 Å². The van der Waals surface area contributed by atoms with E-state index in [9.17, 15) is 0 Å². The molecule has 0 aromatic heterocycles. The number of hydrogen-bond acceptors (Lipinski definition) is 5. The first-order valence-corrected chi connectivity index (χ1v) is 5.14.